The van der Waals surface area contributed by atoms with Crippen LogP contribution in [0.15, 0.2) is 18.2 Å². The molecule has 1 aromatic rings. The number of nitrogens with two attached hydrogens (primary N) is 1. The summed E-state index contributed by atoms with van der Waals surface area (Å²) in [6.45, 7) is 13.2. The topological polar surface area (TPSA) is 131 Å². The van der Waals surface area contributed by atoms with Crippen LogP contribution in [0.25, 0.3) is 0 Å². The molecule has 0 saturated heterocycles. The first-order valence-corrected chi connectivity index (χ1v) is 12.9. The first-order chi connectivity index (χ1) is 17.3. The number of carbonyl (C=O) groups excluding carboxylic acids is 4. The minimum absolute atomic E-state index is 0.0538. The maximum Gasteiger partial charge on any atom is 0.323 e. The molecule has 9 heteroatoms. The fourth-order valence-electron chi connectivity index (χ4n) is 3.18. The van der Waals surface area contributed by atoms with E-state index in [4.69, 9.17) is 24.7 Å². The summed E-state index contributed by atoms with van der Waals surface area (Å²) < 4.78 is 21.4. The number of hydrogen-bond acceptors (Lipinski definition) is 9. The minimum Gasteiger partial charge on any atom is -0.462 e. The van der Waals surface area contributed by atoms with Gasteiger partial charge in [0.1, 0.15) is 18.8 Å². The quantitative estimate of drug-likeness (QED) is 0.264. The van der Waals surface area contributed by atoms with E-state index in [-0.39, 0.29) is 55.2 Å². The third-order valence-corrected chi connectivity index (χ3v) is 5.09. The largest absolute Gasteiger partial charge is 0.462 e. The molecule has 0 aliphatic carbocycles. The van der Waals surface area contributed by atoms with E-state index in [1.54, 1.807) is 13.0 Å². The second-order valence-electron chi connectivity index (χ2n) is 10.6. The number of carbonyl (C=O) groups is 4. The number of rotatable bonds is 15. The molecule has 0 aliphatic heterocycles. The number of hydrogen-bond donors (Lipinski definition) is 1. The van der Waals surface area contributed by atoms with Crippen molar-refractivity contribution in [2.24, 2.45) is 23.5 Å². The van der Waals surface area contributed by atoms with Gasteiger partial charge >= 0.3 is 23.9 Å². The van der Waals surface area contributed by atoms with Gasteiger partial charge in [-0.25, -0.2) is 0 Å². The minimum atomic E-state index is -1.01. The Balaban J connectivity index is 2.81. The van der Waals surface area contributed by atoms with E-state index in [2.05, 4.69) is 0 Å². The zero-order chi connectivity index (χ0) is 28.1. The number of esters is 4. The maximum absolute atomic E-state index is 12.5. The van der Waals surface area contributed by atoms with E-state index >= 15 is 0 Å². The molecule has 0 amide bonds. The Morgan fingerprint density at radius 2 is 1.35 bits per heavy atom. The van der Waals surface area contributed by atoms with Gasteiger partial charge in [0.15, 0.2) is 11.5 Å². The Bertz CT molecular complexity index is 909. The van der Waals surface area contributed by atoms with E-state index < -0.39 is 30.1 Å². The molecule has 208 valence electrons. The van der Waals surface area contributed by atoms with Crippen molar-refractivity contribution in [3.63, 3.8) is 0 Å². The first kappa shape index (κ1) is 32.1. The lowest BCUT2D eigenvalue weighted by atomic mass is 10.1. The van der Waals surface area contributed by atoms with Crippen LogP contribution in [0.4, 0.5) is 0 Å². The molecule has 0 saturated carbocycles. The molecule has 0 radical (unpaired) electrons. The van der Waals surface area contributed by atoms with Gasteiger partial charge in [-0.05, 0) is 55.2 Å². The van der Waals surface area contributed by atoms with Crippen LogP contribution in [-0.4, -0.2) is 42.6 Å². The normalized spacial score (nSPS) is 12.8. The van der Waals surface area contributed by atoms with E-state index in [0.717, 1.165) is 6.42 Å². The molecule has 0 bridgehead atoms. The SMILES string of the molecule is CC(C)CCC(=O)OC[C@H](C)OC(=O)[C@@H](N)Cc1ccc(OC(=O)CC(C)C)c(OC(=O)CC(C)C)c1. The van der Waals surface area contributed by atoms with E-state index in [1.165, 1.54) is 12.1 Å². The Labute approximate surface area is 220 Å². The number of ether oxygens (including phenoxy) is 4. The molecule has 0 spiro atoms. The van der Waals surface area contributed by atoms with Crippen LogP contribution in [0.2, 0.25) is 0 Å². The molecule has 2 N–H and O–H groups in total. The summed E-state index contributed by atoms with van der Waals surface area (Å²) in [5.74, 6) is -1.11. The second kappa shape index (κ2) is 16.0. The molecular weight excluding hydrogens is 478 g/mol. The van der Waals surface area contributed by atoms with Crippen LogP contribution in [0, 0.1) is 17.8 Å². The second-order valence-corrected chi connectivity index (χ2v) is 10.6. The molecule has 2 atom stereocenters. The summed E-state index contributed by atoms with van der Waals surface area (Å²) in [6.07, 6.45) is 0.872. The predicted octanol–water partition coefficient (Wildman–Crippen LogP) is 4.37. The molecule has 0 heterocycles. The van der Waals surface area contributed by atoms with Crippen LogP contribution in [0.5, 0.6) is 11.5 Å². The van der Waals surface area contributed by atoms with E-state index in [9.17, 15) is 19.2 Å². The highest BCUT2D eigenvalue weighted by Crippen LogP contribution is 2.30. The number of benzene rings is 1. The van der Waals surface area contributed by atoms with Crippen molar-refractivity contribution in [2.45, 2.75) is 92.7 Å². The summed E-state index contributed by atoms with van der Waals surface area (Å²) in [4.78, 5) is 48.7. The molecule has 0 aromatic heterocycles. The molecule has 1 aromatic carbocycles. The van der Waals surface area contributed by atoms with Gasteiger partial charge in [-0.1, -0.05) is 47.6 Å². The molecule has 1 rings (SSSR count). The maximum atomic E-state index is 12.5. The van der Waals surface area contributed by atoms with Crippen LogP contribution in [0.3, 0.4) is 0 Å². The molecule has 0 unspecified atom stereocenters. The van der Waals surface area contributed by atoms with Crippen LogP contribution in [-0.2, 0) is 35.1 Å². The Kier molecular flexibility index (Phi) is 13.9. The highest BCUT2D eigenvalue weighted by atomic mass is 16.6. The summed E-state index contributed by atoms with van der Waals surface area (Å²) in [6, 6.07) is 3.68. The lowest BCUT2D eigenvalue weighted by Crippen LogP contribution is -2.37. The first-order valence-electron chi connectivity index (χ1n) is 12.9. The van der Waals surface area contributed by atoms with Crippen molar-refractivity contribution < 1.29 is 38.1 Å². The van der Waals surface area contributed by atoms with Gasteiger partial charge in [-0.3, -0.25) is 19.2 Å². The van der Waals surface area contributed by atoms with Gasteiger partial charge in [0, 0.05) is 19.3 Å². The fraction of sp³-hybridized carbons (Fsp3) is 0.643. The van der Waals surface area contributed by atoms with Crippen molar-refractivity contribution in [1.82, 2.24) is 0 Å². The van der Waals surface area contributed by atoms with Gasteiger partial charge in [-0.15, -0.1) is 0 Å². The zero-order valence-electron chi connectivity index (χ0n) is 23.2. The van der Waals surface area contributed by atoms with Gasteiger partial charge in [0.25, 0.3) is 0 Å². The third-order valence-electron chi connectivity index (χ3n) is 5.09. The monoisotopic (exact) mass is 521 g/mol. The van der Waals surface area contributed by atoms with Crippen LogP contribution in [0.1, 0.15) is 79.7 Å². The van der Waals surface area contributed by atoms with Crippen molar-refractivity contribution >= 4 is 23.9 Å². The fourth-order valence-corrected chi connectivity index (χ4v) is 3.18. The van der Waals surface area contributed by atoms with Crippen molar-refractivity contribution in [3.8, 4) is 11.5 Å². The summed E-state index contributed by atoms with van der Waals surface area (Å²) >= 11 is 0. The molecular formula is C28H43NO8. The smallest absolute Gasteiger partial charge is 0.323 e. The molecule has 0 aliphatic rings. The third kappa shape index (κ3) is 13.8. The Morgan fingerprint density at radius 3 is 1.89 bits per heavy atom. The predicted molar refractivity (Wildman–Crippen MR) is 139 cm³/mol. The van der Waals surface area contributed by atoms with Gasteiger partial charge < -0.3 is 24.7 Å². The molecule has 37 heavy (non-hydrogen) atoms. The lowest BCUT2D eigenvalue weighted by molar-refractivity contribution is -0.159. The average Bonchev–Trinajstić information content (AvgIpc) is 2.76. The zero-order valence-corrected chi connectivity index (χ0v) is 23.2. The Hall–Kier alpha value is -2.94. The van der Waals surface area contributed by atoms with Gasteiger partial charge in [0.05, 0.1) is 0 Å². The van der Waals surface area contributed by atoms with Crippen LogP contribution < -0.4 is 15.2 Å². The van der Waals surface area contributed by atoms with Crippen molar-refractivity contribution in [3.05, 3.63) is 23.8 Å². The summed E-state index contributed by atoms with van der Waals surface area (Å²) in [5, 5.41) is 0. The Morgan fingerprint density at radius 1 is 0.784 bits per heavy atom. The highest BCUT2D eigenvalue weighted by molar-refractivity contribution is 5.77. The molecule has 0 fully saturated rings. The summed E-state index contributed by atoms with van der Waals surface area (Å²) in [5.41, 5.74) is 6.64. The van der Waals surface area contributed by atoms with E-state index in [0.29, 0.717) is 17.9 Å². The molecule has 9 nitrogen and oxygen atoms in total. The standard InChI is InChI=1S/C28H43NO8/c1-17(2)8-11-25(30)34-16-20(7)35-28(33)22(29)14-21-9-10-23(36-26(31)12-18(3)4)24(15-21)37-27(32)13-19(5)6/h9-10,15,17-20,22H,8,11-14,16,29H2,1-7H3/t20-,22-/m0/s1. The van der Waals surface area contributed by atoms with Gasteiger partial charge in [-0.2, -0.15) is 0 Å². The van der Waals surface area contributed by atoms with Gasteiger partial charge in [0.2, 0.25) is 0 Å². The van der Waals surface area contributed by atoms with Crippen molar-refractivity contribution in [1.29, 1.82) is 0 Å². The highest BCUT2D eigenvalue weighted by Gasteiger charge is 2.22. The summed E-state index contributed by atoms with van der Waals surface area (Å²) in [7, 11) is 0. The van der Waals surface area contributed by atoms with Crippen molar-refractivity contribution in [2.75, 3.05) is 6.61 Å². The van der Waals surface area contributed by atoms with E-state index in [1.807, 2.05) is 41.5 Å². The van der Waals surface area contributed by atoms with Crippen LogP contribution >= 0.6 is 0 Å². The lowest BCUT2D eigenvalue weighted by Gasteiger charge is -2.18. The average molecular weight is 522 g/mol.